The molecule has 1 heterocycles. The molecule has 1 aromatic carbocycles. The van der Waals surface area contributed by atoms with E-state index in [0.29, 0.717) is 5.91 Å². The van der Waals surface area contributed by atoms with Gasteiger partial charge in [0.15, 0.2) is 0 Å². The molecule has 0 bridgehead atoms. The van der Waals surface area contributed by atoms with Gasteiger partial charge in [-0.3, -0.25) is 4.79 Å². The molecule has 0 aromatic heterocycles. The summed E-state index contributed by atoms with van der Waals surface area (Å²) in [5.74, 6) is 0.363. The standard InChI is InChI=1S/C18H26N2O/c1-18(2)12-20(11-10-16(18)19)17(21)15-9-5-7-13-6-3-4-8-14(13)15/h3-4,6,8,15-16H,5,7,9-12,19H2,1-2H3. The van der Waals surface area contributed by atoms with E-state index in [2.05, 4.69) is 43.0 Å². The van der Waals surface area contributed by atoms with Crippen LogP contribution < -0.4 is 5.73 Å². The van der Waals surface area contributed by atoms with Crippen molar-refractivity contribution < 1.29 is 4.79 Å². The number of carbonyl (C=O) groups is 1. The van der Waals surface area contributed by atoms with E-state index in [0.717, 1.165) is 38.8 Å². The first-order chi connectivity index (χ1) is 9.99. The van der Waals surface area contributed by atoms with E-state index >= 15 is 0 Å². The van der Waals surface area contributed by atoms with E-state index in [1.807, 2.05) is 0 Å². The average Bonchev–Trinajstić information content (AvgIpc) is 2.48. The summed E-state index contributed by atoms with van der Waals surface area (Å²) in [4.78, 5) is 15.0. The Morgan fingerprint density at radius 1 is 1.29 bits per heavy atom. The minimum Gasteiger partial charge on any atom is -0.342 e. The lowest BCUT2D eigenvalue weighted by Gasteiger charge is -2.44. The van der Waals surface area contributed by atoms with Crippen molar-refractivity contribution in [1.82, 2.24) is 4.90 Å². The molecular formula is C18H26N2O. The van der Waals surface area contributed by atoms with Gasteiger partial charge in [0.2, 0.25) is 5.91 Å². The number of rotatable bonds is 1. The van der Waals surface area contributed by atoms with Gasteiger partial charge in [0, 0.05) is 19.1 Å². The highest BCUT2D eigenvalue weighted by atomic mass is 16.2. The first-order valence-corrected chi connectivity index (χ1v) is 8.11. The van der Waals surface area contributed by atoms with E-state index in [4.69, 9.17) is 5.73 Å². The molecule has 1 aromatic rings. The van der Waals surface area contributed by atoms with Crippen molar-refractivity contribution in [3.05, 3.63) is 35.4 Å². The van der Waals surface area contributed by atoms with Crippen LogP contribution in [0.15, 0.2) is 24.3 Å². The molecule has 0 saturated carbocycles. The van der Waals surface area contributed by atoms with Crippen molar-refractivity contribution in [1.29, 1.82) is 0 Å². The van der Waals surface area contributed by atoms with Gasteiger partial charge in [0.05, 0.1) is 5.92 Å². The lowest BCUT2D eigenvalue weighted by atomic mass is 9.78. The van der Waals surface area contributed by atoms with E-state index < -0.39 is 0 Å². The zero-order chi connectivity index (χ0) is 15.0. The number of nitrogens with two attached hydrogens (primary N) is 1. The molecule has 3 nitrogen and oxygen atoms in total. The van der Waals surface area contributed by atoms with Crippen LogP contribution in [0.4, 0.5) is 0 Å². The van der Waals surface area contributed by atoms with Crippen LogP contribution in [0.3, 0.4) is 0 Å². The zero-order valence-electron chi connectivity index (χ0n) is 13.1. The second-order valence-electron chi connectivity index (χ2n) is 7.29. The first kappa shape index (κ1) is 14.6. The third kappa shape index (κ3) is 2.71. The van der Waals surface area contributed by atoms with E-state index in [-0.39, 0.29) is 17.4 Å². The van der Waals surface area contributed by atoms with E-state index in [9.17, 15) is 4.79 Å². The molecule has 1 fully saturated rings. The Bertz CT molecular complexity index is 538. The summed E-state index contributed by atoms with van der Waals surface area (Å²) in [6, 6.07) is 8.64. The number of hydrogen-bond acceptors (Lipinski definition) is 2. The van der Waals surface area contributed by atoms with Crippen molar-refractivity contribution in [3.63, 3.8) is 0 Å². The van der Waals surface area contributed by atoms with Gasteiger partial charge in [-0.25, -0.2) is 0 Å². The number of benzene rings is 1. The highest BCUT2D eigenvalue weighted by Crippen LogP contribution is 2.35. The molecule has 1 saturated heterocycles. The largest absolute Gasteiger partial charge is 0.342 e. The van der Waals surface area contributed by atoms with Crippen LogP contribution in [-0.4, -0.2) is 29.9 Å². The van der Waals surface area contributed by atoms with Crippen LogP contribution in [0.25, 0.3) is 0 Å². The number of likely N-dealkylation sites (tertiary alicyclic amines) is 1. The fourth-order valence-electron chi connectivity index (χ4n) is 3.79. The molecular weight excluding hydrogens is 260 g/mol. The van der Waals surface area contributed by atoms with Crippen molar-refractivity contribution >= 4 is 5.91 Å². The third-order valence-corrected chi connectivity index (χ3v) is 5.29. The Hall–Kier alpha value is -1.35. The highest BCUT2D eigenvalue weighted by Gasteiger charge is 2.38. The van der Waals surface area contributed by atoms with Crippen LogP contribution in [-0.2, 0) is 11.2 Å². The summed E-state index contributed by atoms with van der Waals surface area (Å²) in [5, 5.41) is 0. The number of amides is 1. The molecule has 0 spiro atoms. The van der Waals surface area contributed by atoms with Crippen LogP contribution in [0.1, 0.15) is 50.2 Å². The summed E-state index contributed by atoms with van der Waals surface area (Å²) in [5.41, 5.74) is 8.82. The molecule has 2 N–H and O–H groups in total. The monoisotopic (exact) mass is 286 g/mol. The Balaban J connectivity index is 1.81. The summed E-state index contributed by atoms with van der Waals surface area (Å²) in [6.07, 6.45) is 4.12. The lowest BCUT2D eigenvalue weighted by Crippen LogP contribution is -2.54. The Morgan fingerprint density at radius 2 is 2.05 bits per heavy atom. The SMILES string of the molecule is CC1(C)CN(C(=O)C2CCCc3ccccc32)CCC1N. The van der Waals surface area contributed by atoms with Crippen LogP contribution in [0.2, 0.25) is 0 Å². The molecule has 1 aliphatic heterocycles. The normalized spacial score (nSPS) is 28.0. The van der Waals surface area contributed by atoms with E-state index in [1.165, 1.54) is 11.1 Å². The maximum Gasteiger partial charge on any atom is 0.230 e. The van der Waals surface area contributed by atoms with Crippen LogP contribution >= 0.6 is 0 Å². The van der Waals surface area contributed by atoms with Crippen molar-refractivity contribution in [2.45, 2.75) is 51.5 Å². The lowest BCUT2D eigenvalue weighted by molar-refractivity contribution is -0.136. The molecule has 1 aliphatic carbocycles. The van der Waals surface area contributed by atoms with Crippen molar-refractivity contribution in [3.8, 4) is 0 Å². The minimum atomic E-state index is 0.0160. The molecule has 114 valence electrons. The van der Waals surface area contributed by atoms with Crippen molar-refractivity contribution in [2.75, 3.05) is 13.1 Å². The number of carbonyl (C=O) groups excluding carboxylic acids is 1. The van der Waals surface area contributed by atoms with Gasteiger partial charge < -0.3 is 10.6 Å². The second-order valence-corrected chi connectivity index (χ2v) is 7.29. The maximum absolute atomic E-state index is 13.0. The predicted molar refractivity (Wildman–Crippen MR) is 85.1 cm³/mol. The Labute approximate surface area is 127 Å². The van der Waals surface area contributed by atoms with Gasteiger partial charge in [-0.15, -0.1) is 0 Å². The molecule has 2 unspecified atom stereocenters. The first-order valence-electron chi connectivity index (χ1n) is 8.11. The van der Waals surface area contributed by atoms with Crippen molar-refractivity contribution in [2.24, 2.45) is 11.1 Å². The fraction of sp³-hybridized carbons (Fsp3) is 0.611. The smallest absolute Gasteiger partial charge is 0.230 e. The highest BCUT2D eigenvalue weighted by molar-refractivity contribution is 5.84. The number of piperidine rings is 1. The number of hydrogen-bond donors (Lipinski definition) is 1. The van der Waals surface area contributed by atoms with Gasteiger partial charge >= 0.3 is 0 Å². The number of aryl methyl sites for hydroxylation is 1. The third-order valence-electron chi connectivity index (χ3n) is 5.29. The Kier molecular flexibility index (Phi) is 3.78. The number of nitrogens with zero attached hydrogens (tertiary/aromatic N) is 1. The zero-order valence-corrected chi connectivity index (χ0v) is 13.1. The van der Waals surface area contributed by atoms with Gasteiger partial charge in [-0.1, -0.05) is 38.1 Å². The van der Waals surface area contributed by atoms with Crippen LogP contribution in [0, 0.1) is 5.41 Å². The summed E-state index contributed by atoms with van der Waals surface area (Å²) < 4.78 is 0. The van der Waals surface area contributed by atoms with Gasteiger partial charge in [0.25, 0.3) is 0 Å². The maximum atomic E-state index is 13.0. The summed E-state index contributed by atoms with van der Waals surface area (Å²) >= 11 is 0. The molecule has 1 amide bonds. The van der Waals surface area contributed by atoms with Gasteiger partial charge in [0.1, 0.15) is 0 Å². The predicted octanol–water partition coefficient (Wildman–Crippen LogP) is 2.69. The summed E-state index contributed by atoms with van der Waals surface area (Å²) in [6.45, 7) is 5.94. The topological polar surface area (TPSA) is 46.3 Å². The minimum absolute atomic E-state index is 0.0160. The molecule has 2 atom stereocenters. The molecule has 2 aliphatic rings. The van der Waals surface area contributed by atoms with E-state index in [1.54, 1.807) is 0 Å². The van der Waals surface area contributed by atoms with Gasteiger partial charge in [-0.05, 0) is 42.2 Å². The van der Waals surface area contributed by atoms with Crippen LogP contribution in [0.5, 0.6) is 0 Å². The van der Waals surface area contributed by atoms with Gasteiger partial charge in [-0.2, -0.15) is 0 Å². The second kappa shape index (κ2) is 5.45. The number of fused-ring (bicyclic) bond motifs is 1. The molecule has 3 rings (SSSR count). The quantitative estimate of drug-likeness (QED) is 0.863. The average molecular weight is 286 g/mol. The molecule has 3 heteroatoms. The molecule has 0 radical (unpaired) electrons. The molecule has 21 heavy (non-hydrogen) atoms. The summed E-state index contributed by atoms with van der Waals surface area (Å²) in [7, 11) is 0. The fourth-order valence-corrected chi connectivity index (χ4v) is 3.79. The Morgan fingerprint density at radius 3 is 2.81 bits per heavy atom.